The zero-order chi connectivity index (χ0) is 16.3. The number of amides is 1. The van der Waals surface area contributed by atoms with Crippen LogP contribution in [0.2, 0.25) is 0 Å². The van der Waals surface area contributed by atoms with Gasteiger partial charge in [0.1, 0.15) is 9.94 Å². The van der Waals surface area contributed by atoms with Gasteiger partial charge in [-0.05, 0) is 45.4 Å². The summed E-state index contributed by atoms with van der Waals surface area (Å²) in [5.41, 5.74) is -0.0124. The molecule has 0 bridgehead atoms. The Morgan fingerprint density at radius 3 is 2.61 bits per heavy atom. The maximum Gasteiger partial charge on any atom is 0.252 e. The van der Waals surface area contributed by atoms with E-state index in [1.54, 1.807) is 11.3 Å². The summed E-state index contributed by atoms with van der Waals surface area (Å²) in [7, 11) is 0. The summed E-state index contributed by atoms with van der Waals surface area (Å²) < 4.78 is 1.16. The number of thioether (sulfide) groups is 1. The van der Waals surface area contributed by atoms with Gasteiger partial charge in [-0.25, -0.2) is 4.98 Å². The molecule has 2 aliphatic rings. The highest BCUT2D eigenvalue weighted by Crippen LogP contribution is 2.35. The van der Waals surface area contributed by atoms with Crippen LogP contribution >= 0.6 is 23.1 Å². The number of thiazole rings is 1. The van der Waals surface area contributed by atoms with Crippen LogP contribution < -0.4 is 5.32 Å². The average molecular weight is 355 g/mol. The summed E-state index contributed by atoms with van der Waals surface area (Å²) in [5.74, 6) is -0.135. The molecule has 2 N–H and O–H groups in total. The molecule has 2 saturated carbocycles. The highest BCUT2D eigenvalue weighted by atomic mass is 32.2. The Bertz CT molecular complexity index is 532. The minimum absolute atomic E-state index is 0.135. The number of hydrogen-bond acceptors (Lipinski definition) is 5. The van der Waals surface area contributed by atoms with Crippen molar-refractivity contribution in [3.8, 4) is 0 Å². The topological polar surface area (TPSA) is 62.2 Å². The fourth-order valence-corrected chi connectivity index (χ4v) is 5.82. The molecular formula is C17H26N2O2S2. The molecule has 23 heavy (non-hydrogen) atoms. The second kappa shape index (κ2) is 7.53. The minimum atomic E-state index is -1.11. The number of nitrogens with zero attached hydrogens (tertiary/aromatic N) is 1. The molecule has 0 aromatic carbocycles. The van der Waals surface area contributed by atoms with E-state index in [4.69, 9.17) is 0 Å². The molecule has 0 radical (unpaired) electrons. The van der Waals surface area contributed by atoms with Crippen molar-refractivity contribution in [2.75, 3.05) is 0 Å². The van der Waals surface area contributed by atoms with Gasteiger partial charge in [0, 0.05) is 22.4 Å². The highest BCUT2D eigenvalue weighted by molar-refractivity contribution is 8.01. The Morgan fingerprint density at radius 2 is 2.00 bits per heavy atom. The smallest absolute Gasteiger partial charge is 0.252 e. The number of aromatic nitrogens is 1. The Kier molecular flexibility index (Phi) is 5.65. The van der Waals surface area contributed by atoms with E-state index in [-0.39, 0.29) is 11.9 Å². The van der Waals surface area contributed by atoms with E-state index in [1.807, 2.05) is 18.7 Å². The molecule has 6 heteroatoms. The van der Waals surface area contributed by atoms with Crippen LogP contribution in [0.3, 0.4) is 0 Å². The van der Waals surface area contributed by atoms with Crippen molar-refractivity contribution in [2.45, 2.75) is 85.9 Å². The molecule has 0 saturated heterocycles. The maximum atomic E-state index is 12.4. The Hall–Kier alpha value is -0.590. The summed E-state index contributed by atoms with van der Waals surface area (Å²) in [6.45, 7) is 2.03. The van der Waals surface area contributed by atoms with Crippen molar-refractivity contribution < 1.29 is 9.90 Å². The fourth-order valence-electron chi connectivity index (χ4n) is 3.54. The van der Waals surface area contributed by atoms with Crippen LogP contribution in [0.15, 0.2) is 9.72 Å². The molecule has 1 aromatic rings. The molecule has 0 unspecified atom stereocenters. The lowest BCUT2D eigenvalue weighted by atomic mass is 9.83. The second-order valence-corrected chi connectivity index (χ2v) is 9.32. The van der Waals surface area contributed by atoms with Gasteiger partial charge in [-0.2, -0.15) is 0 Å². The van der Waals surface area contributed by atoms with E-state index in [2.05, 4.69) is 15.7 Å². The first-order chi connectivity index (χ1) is 11.0. The van der Waals surface area contributed by atoms with Crippen molar-refractivity contribution in [1.82, 2.24) is 10.3 Å². The SMILES string of the molecule is Cc1csc(SC2CCC(NC(=O)C3(O)CCCCC3)CC2)n1. The Morgan fingerprint density at radius 1 is 1.30 bits per heavy atom. The fraction of sp³-hybridized carbons (Fsp3) is 0.765. The lowest BCUT2D eigenvalue weighted by Crippen LogP contribution is -2.51. The largest absolute Gasteiger partial charge is 0.380 e. The van der Waals surface area contributed by atoms with E-state index >= 15 is 0 Å². The molecule has 1 aromatic heterocycles. The maximum absolute atomic E-state index is 12.4. The lowest BCUT2D eigenvalue weighted by molar-refractivity contribution is -0.144. The van der Waals surface area contributed by atoms with Crippen LogP contribution in [0, 0.1) is 6.92 Å². The number of hydrogen-bond donors (Lipinski definition) is 2. The van der Waals surface area contributed by atoms with Crippen LogP contribution in [0.5, 0.6) is 0 Å². The molecular weight excluding hydrogens is 328 g/mol. The molecule has 0 atom stereocenters. The third-order valence-electron chi connectivity index (χ3n) is 4.98. The first-order valence-electron chi connectivity index (χ1n) is 8.67. The molecule has 3 rings (SSSR count). The molecule has 1 heterocycles. The van der Waals surface area contributed by atoms with E-state index in [9.17, 15) is 9.90 Å². The monoisotopic (exact) mass is 354 g/mol. The zero-order valence-electron chi connectivity index (χ0n) is 13.7. The summed E-state index contributed by atoms with van der Waals surface area (Å²) >= 11 is 3.60. The first kappa shape index (κ1) is 17.2. The standard InChI is InChI=1S/C17H26N2O2S2/c1-12-11-22-16(18-12)23-14-7-5-13(6-8-14)19-15(20)17(21)9-3-2-4-10-17/h11,13-14,21H,2-10H2,1H3,(H,19,20). The molecule has 0 aliphatic heterocycles. The summed E-state index contributed by atoms with van der Waals surface area (Å²) in [6.07, 6.45) is 8.50. The molecule has 128 valence electrons. The van der Waals surface area contributed by atoms with E-state index in [0.29, 0.717) is 18.1 Å². The first-order valence-corrected chi connectivity index (χ1v) is 10.4. The molecule has 2 fully saturated rings. The van der Waals surface area contributed by atoms with Gasteiger partial charge in [-0.1, -0.05) is 31.0 Å². The predicted octanol–water partition coefficient (Wildman–Crippen LogP) is 3.67. The van der Waals surface area contributed by atoms with Gasteiger partial charge >= 0.3 is 0 Å². The number of rotatable bonds is 4. The van der Waals surface area contributed by atoms with Crippen molar-refractivity contribution >= 4 is 29.0 Å². The second-order valence-electron chi connectivity index (χ2n) is 6.91. The number of carbonyl (C=O) groups excluding carboxylic acids is 1. The predicted molar refractivity (Wildman–Crippen MR) is 94.9 cm³/mol. The van der Waals surface area contributed by atoms with Crippen LogP contribution in [-0.2, 0) is 4.79 Å². The molecule has 0 spiro atoms. The van der Waals surface area contributed by atoms with E-state index < -0.39 is 5.60 Å². The zero-order valence-corrected chi connectivity index (χ0v) is 15.3. The molecule has 1 amide bonds. The van der Waals surface area contributed by atoms with E-state index in [1.165, 1.54) is 0 Å². The van der Waals surface area contributed by atoms with Gasteiger partial charge < -0.3 is 10.4 Å². The number of carbonyl (C=O) groups is 1. The number of aliphatic hydroxyl groups is 1. The number of aryl methyl sites for hydroxylation is 1. The summed E-state index contributed by atoms with van der Waals surface area (Å²) in [5, 5.41) is 16.3. The van der Waals surface area contributed by atoms with Gasteiger partial charge in [0.25, 0.3) is 5.91 Å². The van der Waals surface area contributed by atoms with Gasteiger partial charge in [0.2, 0.25) is 0 Å². The van der Waals surface area contributed by atoms with Crippen LogP contribution in [0.1, 0.15) is 63.5 Å². The van der Waals surface area contributed by atoms with Crippen molar-refractivity contribution in [3.63, 3.8) is 0 Å². The number of nitrogens with one attached hydrogen (secondary N) is 1. The third-order valence-corrected chi connectivity index (χ3v) is 7.41. The van der Waals surface area contributed by atoms with Gasteiger partial charge in [0.05, 0.1) is 0 Å². The van der Waals surface area contributed by atoms with Crippen molar-refractivity contribution in [2.24, 2.45) is 0 Å². The minimum Gasteiger partial charge on any atom is -0.380 e. The molecule has 4 nitrogen and oxygen atoms in total. The summed E-state index contributed by atoms with van der Waals surface area (Å²) in [6, 6.07) is 0.225. The van der Waals surface area contributed by atoms with Crippen molar-refractivity contribution in [1.29, 1.82) is 0 Å². The molecule has 2 aliphatic carbocycles. The quantitative estimate of drug-likeness (QED) is 0.866. The van der Waals surface area contributed by atoms with Crippen molar-refractivity contribution in [3.05, 3.63) is 11.1 Å². The Balaban J connectivity index is 1.44. The van der Waals surface area contributed by atoms with Gasteiger partial charge in [0.15, 0.2) is 0 Å². The highest BCUT2D eigenvalue weighted by Gasteiger charge is 2.38. The van der Waals surface area contributed by atoms with Gasteiger partial charge in [-0.15, -0.1) is 11.3 Å². The average Bonchev–Trinajstić information content (AvgIpc) is 2.95. The van der Waals surface area contributed by atoms with Crippen LogP contribution in [0.4, 0.5) is 0 Å². The third kappa shape index (κ3) is 4.48. The van der Waals surface area contributed by atoms with Crippen LogP contribution in [0.25, 0.3) is 0 Å². The lowest BCUT2D eigenvalue weighted by Gasteiger charge is -2.34. The van der Waals surface area contributed by atoms with Crippen LogP contribution in [-0.4, -0.2) is 32.9 Å². The normalized spacial score (nSPS) is 27.6. The van der Waals surface area contributed by atoms with E-state index in [0.717, 1.165) is 55.0 Å². The Labute approximate surface area is 146 Å². The summed E-state index contributed by atoms with van der Waals surface area (Å²) in [4.78, 5) is 16.9. The van der Waals surface area contributed by atoms with Gasteiger partial charge in [-0.3, -0.25) is 4.79 Å².